The average molecular weight is 276 g/mol. The highest BCUT2D eigenvalue weighted by Crippen LogP contribution is 2.17. The van der Waals surface area contributed by atoms with E-state index in [1.54, 1.807) is 6.92 Å². The van der Waals surface area contributed by atoms with Gasteiger partial charge in [0.1, 0.15) is 5.82 Å². The van der Waals surface area contributed by atoms with Crippen molar-refractivity contribution < 1.29 is 14.3 Å². The standard InChI is InChI=1S/C10H11BrFNO2/c1-6(5-14)13-10(15)8-4-7(12)2-3-9(8)11/h2-4,6,14H,5H2,1H3,(H,13,15)/t6-/m1/s1. The monoisotopic (exact) mass is 275 g/mol. The van der Waals surface area contributed by atoms with Crippen LogP contribution in [0.2, 0.25) is 0 Å². The van der Waals surface area contributed by atoms with Crippen molar-refractivity contribution in [2.45, 2.75) is 13.0 Å². The highest BCUT2D eigenvalue weighted by atomic mass is 79.9. The maximum atomic E-state index is 12.9. The summed E-state index contributed by atoms with van der Waals surface area (Å²) in [6.45, 7) is 1.50. The molecule has 1 atom stereocenters. The first-order chi connectivity index (χ1) is 7.04. The first kappa shape index (κ1) is 12.1. The van der Waals surface area contributed by atoms with Gasteiger partial charge in [-0.25, -0.2) is 4.39 Å². The number of halogens is 2. The highest BCUT2D eigenvalue weighted by Gasteiger charge is 2.12. The van der Waals surface area contributed by atoms with Crippen LogP contribution in [-0.2, 0) is 0 Å². The summed E-state index contributed by atoms with van der Waals surface area (Å²) in [5.41, 5.74) is 0.218. The van der Waals surface area contributed by atoms with Crippen LogP contribution in [0.1, 0.15) is 17.3 Å². The van der Waals surface area contributed by atoms with Gasteiger partial charge >= 0.3 is 0 Å². The molecule has 3 nitrogen and oxygen atoms in total. The van der Waals surface area contributed by atoms with E-state index in [0.717, 1.165) is 6.07 Å². The number of hydrogen-bond acceptors (Lipinski definition) is 2. The van der Waals surface area contributed by atoms with E-state index in [9.17, 15) is 9.18 Å². The van der Waals surface area contributed by atoms with E-state index in [0.29, 0.717) is 4.47 Å². The summed E-state index contributed by atoms with van der Waals surface area (Å²) >= 11 is 3.15. The lowest BCUT2D eigenvalue weighted by Gasteiger charge is -2.11. The second-order valence-corrected chi connectivity index (χ2v) is 4.04. The Hall–Kier alpha value is -0.940. The predicted octanol–water partition coefficient (Wildman–Crippen LogP) is 1.70. The minimum absolute atomic E-state index is 0.154. The lowest BCUT2D eigenvalue weighted by atomic mass is 10.2. The zero-order chi connectivity index (χ0) is 11.4. The molecule has 0 heterocycles. The van der Waals surface area contributed by atoms with Crippen LogP contribution in [0, 0.1) is 5.82 Å². The van der Waals surface area contributed by atoms with Crippen LogP contribution in [0.4, 0.5) is 4.39 Å². The number of amides is 1. The fraction of sp³-hybridized carbons (Fsp3) is 0.300. The van der Waals surface area contributed by atoms with Gasteiger partial charge in [0, 0.05) is 10.5 Å². The van der Waals surface area contributed by atoms with Gasteiger partial charge in [-0.05, 0) is 41.1 Å². The summed E-state index contributed by atoms with van der Waals surface area (Å²) in [5.74, 6) is -0.886. The van der Waals surface area contributed by atoms with Gasteiger partial charge in [-0.15, -0.1) is 0 Å². The number of carbonyl (C=O) groups excluding carboxylic acids is 1. The van der Waals surface area contributed by atoms with E-state index >= 15 is 0 Å². The van der Waals surface area contributed by atoms with Gasteiger partial charge in [0.25, 0.3) is 5.91 Å². The number of rotatable bonds is 3. The smallest absolute Gasteiger partial charge is 0.252 e. The van der Waals surface area contributed by atoms with Gasteiger partial charge < -0.3 is 10.4 Å². The first-order valence-electron chi connectivity index (χ1n) is 4.41. The van der Waals surface area contributed by atoms with E-state index < -0.39 is 11.7 Å². The molecular weight excluding hydrogens is 265 g/mol. The van der Waals surface area contributed by atoms with Crippen LogP contribution in [0.15, 0.2) is 22.7 Å². The SMILES string of the molecule is C[C@H](CO)NC(=O)c1cc(F)ccc1Br. The number of benzene rings is 1. The zero-order valence-electron chi connectivity index (χ0n) is 8.13. The maximum Gasteiger partial charge on any atom is 0.252 e. The van der Waals surface area contributed by atoms with Crippen LogP contribution < -0.4 is 5.32 Å². The van der Waals surface area contributed by atoms with Crippen molar-refractivity contribution in [3.05, 3.63) is 34.1 Å². The molecule has 0 saturated heterocycles. The molecule has 15 heavy (non-hydrogen) atoms. The third-order valence-corrected chi connectivity index (χ3v) is 2.52. The molecule has 0 spiro atoms. The van der Waals surface area contributed by atoms with Crippen molar-refractivity contribution >= 4 is 21.8 Å². The molecule has 2 N–H and O–H groups in total. The molecule has 0 saturated carbocycles. The van der Waals surface area contributed by atoms with Gasteiger partial charge in [-0.3, -0.25) is 4.79 Å². The Labute approximate surface area is 95.4 Å². The molecule has 0 aliphatic rings. The Bertz CT molecular complexity index is 370. The fourth-order valence-electron chi connectivity index (χ4n) is 1.02. The number of carbonyl (C=O) groups is 1. The Morgan fingerprint density at radius 1 is 1.67 bits per heavy atom. The Morgan fingerprint density at radius 3 is 2.93 bits per heavy atom. The normalized spacial score (nSPS) is 12.3. The van der Waals surface area contributed by atoms with Gasteiger partial charge in [-0.2, -0.15) is 0 Å². The van der Waals surface area contributed by atoms with Crippen LogP contribution in [0.25, 0.3) is 0 Å². The van der Waals surface area contributed by atoms with Gasteiger partial charge in [0.05, 0.1) is 12.2 Å². The first-order valence-corrected chi connectivity index (χ1v) is 5.20. The second-order valence-electron chi connectivity index (χ2n) is 3.18. The summed E-state index contributed by atoms with van der Waals surface area (Å²) in [6.07, 6.45) is 0. The molecule has 1 aromatic rings. The molecule has 82 valence electrons. The van der Waals surface area contributed by atoms with Gasteiger partial charge in [0.2, 0.25) is 0 Å². The number of aliphatic hydroxyl groups excluding tert-OH is 1. The number of aliphatic hydroxyl groups is 1. The molecule has 0 aliphatic heterocycles. The Balaban J connectivity index is 2.86. The van der Waals surface area contributed by atoms with Crippen molar-refractivity contribution in [2.24, 2.45) is 0 Å². The van der Waals surface area contributed by atoms with E-state index in [1.165, 1.54) is 12.1 Å². The molecule has 1 rings (SSSR count). The highest BCUT2D eigenvalue weighted by molar-refractivity contribution is 9.10. The maximum absolute atomic E-state index is 12.9. The summed E-state index contributed by atoms with van der Waals surface area (Å²) in [6, 6.07) is 3.51. The predicted molar refractivity (Wildman–Crippen MR) is 58.1 cm³/mol. The van der Waals surface area contributed by atoms with Gasteiger partial charge in [-0.1, -0.05) is 0 Å². The quantitative estimate of drug-likeness (QED) is 0.882. The van der Waals surface area contributed by atoms with E-state index in [4.69, 9.17) is 5.11 Å². The summed E-state index contributed by atoms with van der Waals surface area (Å²) in [5, 5.41) is 11.3. The van der Waals surface area contributed by atoms with Crippen molar-refractivity contribution in [3.63, 3.8) is 0 Å². The lowest BCUT2D eigenvalue weighted by molar-refractivity contribution is 0.0921. The fourth-order valence-corrected chi connectivity index (χ4v) is 1.45. The molecule has 0 bridgehead atoms. The molecule has 1 amide bonds. The number of nitrogens with one attached hydrogen (secondary N) is 1. The molecule has 0 aromatic heterocycles. The molecule has 0 radical (unpaired) electrons. The van der Waals surface area contributed by atoms with E-state index in [1.807, 2.05) is 0 Å². The summed E-state index contributed by atoms with van der Waals surface area (Å²) in [4.78, 5) is 11.6. The summed E-state index contributed by atoms with van der Waals surface area (Å²) in [7, 11) is 0. The average Bonchev–Trinajstić information content (AvgIpc) is 2.21. The van der Waals surface area contributed by atoms with E-state index in [2.05, 4.69) is 21.2 Å². The molecule has 0 aliphatic carbocycles. The topological polar surface area (TPSA) is 49.3 Å². The summed E-state index contributed by atoms with van der Waals surface area (Å²) < 4.78 is 13.4. The zero-order valence-corrected chi connectivity index (χ0v) is 9.71. The van der Waals surface area contributed by atoms with Crippen molar-refractivity contribution in [1.29, 1.82) is 0 Å². The Kier molecular flexibility index (Phi) is 4.23. The van der Waals surface area contributed by atoms with Crippen LogP contribution in [0.5, 0.6) is 0 Å². The largest absolute Gasteiger partial charge is 0.394 e. The van der Waals surface area contributed by atoms with Crippen LogP contribution in [0.3, 0.4) is 0 Å². The molecule has 5 heteroatoms. The second kappa shape index (κ2) is 5.23. The van der Waals surface area contributed by atoms with Crippen molar-refractivity contribution in [2.75, 3.05) is 6.61 Å². The minimum atomic E-state index is -0.472. The van der Waals surface area contributed by atoms with Crippen molar-refractivity contribution in [3.8, 4) is 0 Å². The minimum Gasteiger partial charge on any atom is -0.394 e. The lowest BCUT2D eigenvalue weighted by Crippen LogP contribution is -2.35. The molecular formula is C10H11BrFNO2. The van der Waals surface area contributed by atoms with Crippen LogP contribution >= 0.6 is 15.9 Å². The van der Waals surface area contributed by atoms with E-state index in [-0.39, 0.29) is 18.2 Å². The molecule has 0 fully saturated rings. The third-order valence-electron chi connectivity index (χ3n) is 1.82. The van der Waals surface area contributed by atoms with Gasteiger partial charge in [0.15, 0.2) is 0 Å². The number of hydrogen-bond donors (Lipinski definition) is 2. The van der Waals surface area contributed by atoms with Crippen LogP contribution in [-0.4, -0.2) is 23.7 Å². The third kappa shape index (κ3) is 3.28. The molecule has 1 aromatic carbocycles. The molecule has 0 unspecified atom stereocenters. The Morgan fingerprint density at radius 2 is 2.33 bits per heavy atom. The van der Waals surface area contributed by atoms with Crippen molar-refractivity contribution in [1.82, 2.24) is 5.32 Å².